The molecule has 1 fully saturated rings. The molecule has 144 valence electrons. The zero-order valence-corrected chi connectivity index (χ0v) is 17.4. The van der Waals surface area contributed by atoms with Gasteiger partial charge in [0, 0.05) is 28.3 Å². The van der Waals surface area contributed by atoms with Crippen LogP contribution in [0.4, 0.5) is 5.82 Å². The van der Waals surface area contributed by atoms with Gasteiger partial charge in [-0.1, -0.05) is 58.4 Å². The summed E-state index contributed by atoms with van der Waals surface area (Å²) in [7, 11) is 0. The highest BCUT2D eigenvalue weighted by atomic mass is 79.9. The summed E-state index contributed by atoms with van der Waals surface area (Å²) in [5.41, 5.74) is 10.6. The molecule has 0 amide bonds. The Morgan fingerprint density at radius 2 is 1.75 bits per heavy atom. The highest BCUT2D eigenvalue weighted by Crippen LogP contribution is 2.29. The van der Waals surface area contributed by atoms with Crippen LogP contribution in [0.3, 0.4) is 0 Å². The molecule has 0 unspecified atom stereocenters. The molecular formula is C23H24BrN3O. The van der Waals surface area contributed by atoms with Crippen LogP contribution in [-0.4, -0.2) is 23.0 Å². The number of hydrogen-bond donors (Lipinski definition) is 1. The maximum absolute atomic E-state index is 6.03. The molecule has 1 aliphatic rings. The van der Waals surface area contributed by atoms with E-state index in [-0.39, 0.29) is 0 Å². The fourth-order valence-corrected chi connectivity index (χ4v) is 3.90. The molecule has 2 aromatic carbocycles. The van der Waals surface area contributed by atoms with E-state index in [2.05, 4.69) is 50.1 Å². The summed E-state index contributed by atoms with van der Waals surface area (Å²) in [5.74, 6) is 1.01. The maximum atomic E-state index is 6.03. The monoisotopic (exact) mass is 437 g/mol. The van der Waals surface area contributed by atoms with E-state index in [1.165, 1.54) is 31.5 Å². The molecule has 0 aliphatic carbocycles. The molecule has 3 aromatic rings. The summed E-state index contributed by atoms with van der Waals surface area (Å²) < 4.78 is 6.97. The van der Waals surface area contributed by atoms with Crippen molar-refractivity contribution in [3.05, 3.63) is 76.4 Å². The lowest BCUT2D eigenvalue weighted by molar-refractivity contribution is 0.306. The number of rotatable bonds is 6. The molecule has 2 heterocycles. The minimum Gasteiger partial charge on any atom is -0.485 e. The van der Waals surface area contributed by atoms with Crippen molar-refractivity contribution in [1.82, 2.24) is 9.88 Å². The van der Waals surface area contributed by atoms with E-state index in [9.17, 15) is 0 Å². The summed E-state index contributed by atoms with van der Waals surface area (Å²) in [5, 5.41) is 0. The molecule has 1 saturated heterocycles. The molecule has 2 N–H and O–H groups in total. The average Bonchev–Trinajstić information content (AvgIpc) is 3.22. The first-order valence-corrected chi connectivity index (χ1v) is 10.4. The van der Waals surface area contributed by atoms with Gasteiger partial charge in [-0.15, -0.1) is 0 Å². The van der Waals surface area contributed by atoms with Gasteiger partial charge in [0.15, 0.2) is 11.6 Å². The van der Waals surface area contributed by atoms with Crippen molar-refractivity contribution in [2.24, 2.45) is 0 Å². The van der Waals surface area contributed by atoms with Gasteiger partial charge in [-0.3, -0.25) is 4.90 Å². The van der Waals surface area contributed by atoms with Crippen LogP contribution >= 0.6 is 15.9 Å². The van der Waals surface area contributed by atoms with Crippen molar-refractivity contribution in [1.29, 1.82) is 0 Å². The summed E-state index contributed by atoms with van der Waals surface area (Å²) >= 11 is 3.55. The van der Waals surface area contributed by atoms with Crippen molar-refractivity contribution in [3.8, 4) is 16.9 Å². The Labute approximate surface area is 174 Å². The molecule has 0 bridgehead atoms. The number of halogens is 1. The molecule has 0 saturated carbocycles. The quantitative estimate of drug-likeness (QED) is 0.570. The molecule has 4 nitrogen and oxygen atoms in total. The first-order chi connectivity index (χ1) is 13.7. The Kier molecular flexibility index (Phi) is 5.93. The van der Waals surface area contributed by atoms with Crippen molar-refractivity contribution in [3.63, 3.8) is 0 Å². The standard InChI is InChI=1S/C23H24BrN3O/c24-21-6-2-1-5-19(21)16-28-22-13-20(14-26-23(22)25)18-9-7-17(8-10-18)15-27-11-3-4-12-27/h1-2,5-10,13-14H,3-4,11-12,15-16H2,(H2,25,26). The average molecular weight is 438 g/mol. The second kappa shape index (κ2) is 8.76. The number of hydrogen-bond acceptors (Lipinski definition) is 4. The molecule has 0 atom stereocenters. The van der Waals surface area contributed by atoms with Gasteiger partial charge >= 0.3 is 0 Å². The van der Waals surface area contributed by atoms with Gasteiger partial charge in [-0.2, -0.15) is 0 Å². The highest BCUT2D eigenvalue weighted by molar-refractivity contribution is 9.10. The lowest BCUT2D eigenvalue weighted by Crippen LogP contribution is -2.18. The molecular weight excluding hydrogens is 414 g/mol. The largest absolute Gasteiger partial charge is 0.485 e. The van der Waals surface area contributed by atoms with Gasteiger partial charge in [-0.25, -0.2) is 4.98 Å². The second-order valence-electron chi connectivity index (χ2n) is 7.17. The number of nitrogen functional groups attached to an aromatic ring is 1. The van der Waals surface area contributed by atoms with E-state index in [0.29, 0.717) is 18.2 Å². The van der Waals surface area contributed by atoms with Gasteiger partial charge in [0.1, 0.15) is 6.61 Å². The van der Waals surface area contributed by atoms with Gasteiger partial charge in [0.05, 0.1) is 0 Å². The van der Waals surface area contributed by atoms with E-state index in [0.717, 1.165) is 27.7 Å². The third-order valence-corrected chi connectivity index (χ3v) is 5.89. The third kappa shape index (κ3) is 4.54. The number of nitrogens with two attached hydrogens (primary N) is 1. The minimum atomic E-state index is 0.404. The topological polar surface area (TPSA) is 51.4 Å². The Morgan fingerprint density at radius 3 is 2.50 bits per heavy atom. The first-order valence-electron chi connectivity index (χ1n) is 9.62. The number of nitrogens with zero attached hydrogens (tertiary/aromatic N) is 2. The van der Waals surface area contributed by atoms with Crippen molar-refractivity contribution >= 4 is 21.7 Å². The third-order valence-electron chi connectivity index (χ3n) is 5.11. The number of aromatic nitrogens is 1. The zero-order valence-electron chi connectivity index (χ0n) is 15.8. The second-order valence-corrected chi connectivity index (χ2v) is 8.02. The maximum Gasteiger partial charge on any atom is 0.166 e. The van der Waals surface area contributed by atoms with Crippen molar-refractivity contribution in [2.75, 3.05) is 18.8 Å². The number of pyridine rings is 1. The number of likely N-dealkylation sites (tertiary alicyclic amines) is 1. The lowest BCUT2D eigenvalue weighted by atomic mass is 10.1. The Balaban J connectivity index is 1.47. The molecule has 4 rings (SSSR count). The van der Waals surface area contributed by atoms with Crippen molar-refractivity contribution < 1.29 is 4.74 Å². The number of ether oxygens (including phenoxy) is 1. The summed E-state index contributed by atoms with van der Waals surface area (Å²) in [6, 6.07) is 18.7. The predicted molar refractivity (Wildman–Crippen MR) is 117 cm³/mol. The van der Waals surface area contributed by atoms with E-state index in [1.54, 1.807) is 6.20 Å². The molecule has 0 radical (unpaired) electrons. The van der Waals surface area contributed by atoms with Crippen LogP contribution in [-0.2, 0) is 13.2 Å². The van der Waals surface area contributed by atoms with Crippen LogP contribution in [0.2, 0.25) is 0 Å². The van der Waals surface area contributed by atoms with Gasteiger partial charge in [0.2, 0.25) is 0 Å². The van der Waals surface area contributed by atoms with Crippen LogP contribution in [0.5, 0.6) is 5.75 Å². The van der Waals surface area contributed by atoms with E-state index >= 15 is 0 Å². The zero-order chi connectivity index (χ0) is 19.3. The van der Waals surface area contributed by atoms with Crippen LogP contribution in [0.1, 0.15) is 24.0 Å². The fraction of sp³-hybridized carbons (Fsp3) is 0.261. The lowest BCUT2D eigenvalue weighted by Gasteiger charge is -2.15. The van der Waals surface area contributed by atoms with Crippen LogP contribution in [0.15, 0.2) is 65.3 Å². The van der Waals surface area contributed by atoms with E-state index < -0.39 is 0 Å². The molecule has 5 heteroatoms. The van der Waals surface area contributed by atoms with E-state index in [1.807, 2.05) is 30.3 Å². The van der Waals surface area contributed by atoms with Crippen molar-refractivity contribution in [2.45, 2.75) is 26.0 Å². The summed E-state index contributed by atoms with van der Waals surface area (Å²) in [6.45, 7) is 3.88. The predicted octanol–water partition coefficient (Wildman–Crippen LogP) is 5.27. The Hall–Kier alpha value is -2.37. The number of benzene rings is 2. The minimum absolute atomic E-state index is 0.404. The summed E-state index contributed by atoms with van der Waals surface area (Å²) in [4.78, 5) is 6.84. The molecule has 1 aliphatic heterocycles. The van der Waals surface area contributed by atoms with E-state index in [4.69, 9.17) is 10.5 Å². The van der Waals surface area contributed by atoms with Crippen LogP contribution in [0.25, 0.3) is 11.1 Å². The summed E-state index contributed by atoms with van der Waals surface area (Å²) in [6.07, 6.45) is 4.44. The smallest absolute Gasteiger partial charge is 0.166 e. The first kappa shape index (κ1) is 19.0. The number of anilines is 1. The Morgan fingerprint density at radius 1 is 1.00 bits per heavy atom. The van der Waals surface area contributed by atoms with Crippen LogP contribution < -0.4 is 10.5 Å². The van der Waals surface area contributed by atoms with Crippen LogP contribution in [0, 0.1) is 0 Å². The van der Waals surface area contributed by atoms with Gasteiger partial charge in [0.25, 0.3) is 0 Å². The fourth-order valence-electron chi connectivity index (χ4n) is 3.50. The normalized spacial score (nSPS) is 14.3. The SMILES string of the molecule is Nc1ncc(-c2ccc(CN3CCCC3)cc2)cc1OCc1ccccc1Br. The van der Waals surface area contributed by atoms with Gasteiger partial charge < -0.3 is 10.5 Å². The van der Waals surface area contributed by atoms with Gasteiger partial charge in [-0.05, 0) is 49.2 Å². The molecule has 28 heavy (non-hydrogen) atoms. The Bertz CT molecular complexity index is 937. The molecule has 1 aromatic heterocycles. The highest BCUT2D eigenvalue weighted by Gasteiger charge is 2.12. The molecule has 0 spiro atoms.